The Morgan fingerprint density at radius 3 is 2.65 bits per heavy atom. The van der Waals surface area contributed by atoms with E-state index >= 15 is 0 Å². The minimum atomic E-state index is -0.283. The van der Waals surface area contributed by atoms with Crippen LogP contribution in [-0.2, 0) is 22.6 Å². The molecule has 34 heavy (non-hydrogen) atoms. The van der Waals surface area contributed by atoms with Gasteiger partial charge in [0.1, 0.15) is 11.6 Å². The Morgan fingerprint density at radius 1 is 1.18 bits per heavy atom. The lowest BCUT2D eigenvalue weighted by Gasteiger charge is -2.15. The van der Waals surface area contributed by atoms with Crippen molar-refractivity contribution in [2.24, 2.45) is 0 Å². The summed E-state index contributed by atoms with van der Waals surface area (Å²) in [6.45, 7) is 4.31. The second-order valence-electron chi connectivity index (χ2n) is 7.80. The second kappa shape index (κ2) is 11.8. The van der Waals surface area contributed by atoms with Gasteiger partial charge in [0.15, 0.2) is 11.0 Å². The fourth-order valence-corrected chi connectivity index (χ4v) is 4.38. The molecule has 2 N–H and O–H groups in total. The molecule has 0 spiro atoms. The third kappa shape index (κ3) is 6.71. The molecule has 1 aliphatic rings. The van der Waals surface area contributed by atoms with Crippen LogP contribution in [-0.4, -0.2) is 45.7 Å². The highest BCUT2D eigenvalue weighted by atomic mass is 32.2. The van der Waals surface area contributed by atoms with E-state index in [4.69, 9.17) is 9.47 Å². The standard InChI is InChI=1S/C24H28FN5O3S/c1-2-32-20-11-9-19(10-12-20)27-23(31)16-34-24-29-28-22(30(24)15-21-4-3-13-33-21)14-26-18-7-5-17(25)6-8-18/h5-12,21,26H,2-4,13-16H2,1H3,(H,27,31)/t21-/m0/s1. The van der Waals surface area contributed by atoms with Crippen LogP contribution in [0.5, 0.6) is 5.75 Å². The average molecular weight is 486 g/mol. The predicted octanol–water partition coefficient (Wildman–Crippen LogP) is 4.34. The van der Waals surface area contributed by atoms with Gasteiger partial charge in [0.25, 0.3) is 0 Å². The van der Waals surface area contributed by atoms with Crippen LogP contribution in [0.3, 0.4) is 0 Å². The number of amides is 1. The van der Waals surface area contributed by atoms with Gasteiger partial charge in [0.05, 0.1) is 31.6 Å². The normalized spacial score (nSPS) is 15.3. The summed E-state index contributed by atoms with van der Waals surface area (Å²) in [5.41, 5.74) is 1.50. The summed E-state index contributed by atoms with van der Waals surface area (Å²) < 4.78 is 26.4. The lowest BCUT2D eigenvalue weighted by atomic mass is 10.2. The predicted molar refractivity (Wildman–Crippen MR) is 130 cm³/mol. The topological polar surface area (TPSA) is 90.3 Å². The molecule has 180 valence electrons. The number of rotatable bonds is 11. The number of ether oxygens (including phenoxy) is 2. The van der Waals surface area contributed by atoms with Gasteiger partial charge < -0.3 is 24.7 Å². The number of anilines is 2. The number of nitrogens with zero attached hydrogens (tertiary/aromatic N) is 3. The molecule has 1 aromatic heterocycles. The summed E-state index contributed by atoms with van der Waals surface area (Å²) in [6, 6.07) is 13.4. The number of benzene rings is 2. The van der Waals surface area contributed by atoms with Gasteiger partial charge in [0, 0.05) is 18.0 Å². The fourth-order valence-electron chi connectivity index (χ4n) is 3.61. The second-order valence-corrected chi connectivity index (χ2v) is 8.74. The van der Waals surface area contributed by atoms with E-state index in [0.29, 0.717) is 30.5 Å². The molecule has 1 aliphatic heterocycles. The molecule has 2 aromatic carbocycles. The van der Waals surface area contributed by atoms with E-state index in [9.17, 15) is 9.18 Å². The summed E-state index contributed by atoms with van der Waals surface area (Å²) in [4.78, 5) is 12.5. The largest absolute Gasteiger partial charge is 0.494 e. The number of carbonyl (C=O) groups is 1. The first-order chi connectivity index (χ1) is 16.6. The maximum atomic E-state index is 13.2. The van der Waals surface area contributed by atoms with Crippen LogP contribution in [0.1, 0.15) is 25.6 Å². The first kappa shape index (κ1) is 24.0. The third-order valence-corrected chi connectivity index (χ3v) is 6.25. The van der Waals surface area contributed by atoms with Crippen LogP contribution in [0, 0.1) is 5.82 Å². The number of hydrogen-bond acceptors (Lipinski definition) is 7. The quantitative estimate of drug-likeness (QED) is 0.391. The van der Waals surface area contributed by atoms with Crippen molar-refractivity contribution in [3.8, 4) is 5.75 Å². The molecule has 10 heteroatoms. The van der Waals surface area contributed by atoms with Crippen molar-refractivity contribution >= 4 is 29.0 Å². The maximum Gasteiger partial charge on any atom is 0.234 e. The van der Waals surface area contributed by atoms with Crippen LogP contribution in [0.4, 0.5) is 15.8 Å². The summed E-state index contributed by atoms with van der Waals surface area (Å²) in [6.07, 6.45) is 2.10. The summed E-state index contributed by atoms with van der Waals surface area (Å²) in [5.74, 6) is 1.27. The van der Waals surface area contributed by atoms with Crippen molar-refractivity contribution in [2.45, 2.75) is 44.1 Å². The first-order valence-corrected chi connectivity index (χ1v) is 12.3. The molecule has 8 nitrogen and oxygen atoms in total. The monoisotopic (exact) mass is 485 g/mol. The van der Waals surface area contributed by atoms with Gasteiger partial charge in [-0.05, 0) is 68.3 Å². The Balaban J connectivity index is 1.38. The molecule has 1 fully saturated rings. The van der Waals surface area contributed by atoms with Gasteiger partial charge in [-0.1, -0.05) is 11.8 Å². The van der Waals surface area contributed by atoms with Crippen LogP contribution >= 0.6 is 11.8 Å². The minimum Gasteiger partial charge on any atom is -0.494 e. The number of thioether (sulfide) groups is 1. The average Bonchev–Trinajstić information content (AvgIpc) is 3.49. The fraction of sp³-hybridized carbons (Fsp3) is 0.375. The Bertz CT molecular complexity index is 1070. The van der Waals surface area contributed by atoms with Gasteiger partial charge in [-0.15, -0.1) is 10.2 Å². The van der Waals surface area contributed by atoms with E-state index < -0.39 is 0 Å². The Kier molecular flexibility index (Phi) is 8.37. The Hall–Kier alpha value is -3.11. The highest BCUT2D eigenvalue weighted by Crippen LogP contribution is 2.23. The molecule has 0 saturated carbocycles. The van der Waals surface area contributed by atoms with Crippen molar-refractivity contribution in [3.63, 3.8) is 0 Å². The van der Waals surface area contributed by atoms with E-state index in [0.717, 1.165) is 36.7 Å². The zero-order valence-electron chi connectivity index (χ0n) is 19.0. The molecule has 2 heterocycles. The van der Waals surface area contributed by atoms with E-state index in [1.807, 2.05) is 35.8 Å². The summed E-state index contributed by atoms with van der Waals surface area (Å²) in [5, 5.41) is 15.5. The van der Waals surface area contributed by atoms with Crippen molar-refractivity contribution in [2.75, 3.05) is 29.6 Å². The van der Waals surface area contributed by atoms with Crippen molar-refractivity contribution in [1.82, 2.24) is 14.8 Å². The zero-order chi connectivity index (χ0) is 23.8. The number of aromatic nitrogens is 3. The van der Waals surface area contributed by atoms with Crippen LogP contribution < -0.4 is 15.4 Å². The molecule has 3 aromatic rings. The van der Waals surface area contributed by atoms with Crippen molar-refractivity contribution in [3.05, 3.63) is 60.2 Å². The molecule has 1 atom stereocenters. The highest BCUT2D eigenvalue weighted by molar-refractivity contribution is 7.99. The zero-order valence-corrected chi connectivity index (χ0v) is 19.8. The van der Waals surface area contributed by atoms with E-state index in [2.05, 4.69) is 20.8 Å². The smallest absolute Gasteiger partial charge is 0.234 e. The number of carbonyl (C=O) groups excluding carboxylic acids is 1. The van der Waals surface area contributed by atoms with E-state index in [-0.39, 0.29) is 23.6 Å². The molecule has 1 saturated heterocycles. The third-order valence-electron chi connectivity index (χ3n) is 5.28. The van der Waals surface area contributed by atoms with Gasteiger partial charge in [-0.25, -0.2) is 4.39 Å². The van der Waals surface area contributed by atoms with Gasteiger partial charge in [-0.2, -0.15) is 0 Å². The van der Waals surface area contributed by atoms with Crippen LogP contribution in [0.2, 0.25) is 0 Å². The molecular formula is C24H28FN5O3S. The van der Waals surface area contributed by atoms with Crippen molar-refractivity contribution < 1.29 is 18.7 Å². The maximum absolute atomic E-state index is 13.2. The minimum absolute atomic E-state index is 0.0950. The summed E-state index contributed by atoms with van der Waals surface area (Å²) >= 11 is 1.33. The van der Waals surface area contributed by atoms with E-state index in [1.54, 1.807) is 12.1 Å². The van der Waals surface area contributed by atoms with Crippen LogP contribution in [0.25, 0.3) is 0 Å². The highest BCUT2D eigenvalue weighted by Gasteiger charge is 2.21. The van der Waals surface area contributed by atoms with Gasteiger partial charge in [0.2, 0.25) is 5.91 Å². The van der Waals surface area contributed by atoms with Gasteiger partial charge in [-0.3, -0.25) is 4.79 Å². The number of halogens is 1. The molecule has 0 radical (unpaired) electrons. The molecule has 0 bridgehead atoms. The SMILES string of the molecule is CCOc1ccc(NC(=O)CSc2nnc(CNc3ccc(F)cc3)n2C[C@@H]2CCCO2)cc1. The molecule has 1 amide bonds. The number of nitrogens with one attached hydrogen (secondary N) is 2. The Morgan fingerprint density at radius 2 is 1.94 bits per heavy atom. The van der Waals surface area contributed by atoms with Crippen molar-refractivity contribution in [1.29, 1.82) is 0 Å². The first-order valence-electron chi connectivity index (χ1n) is 11.3. The Labute approximate surface area is 202 Å². The molecule has 0 aliphatic carbocycles. The summed E-state index contributed by atoms with van der Waals surface area (Å²) in [7, 11) is 0. The molecule has 4 rings (SSSR count). The molecule has 0 unspecified atom stereocenters. The lowest BCUT2D eigenvalue weighted by molar-refractivity contribution is -0.113. The van der Waals surface area contributed by atoms with E-state index in [1.165, 1.54) is 23.9 Å². The van der Waals surface area contributed by atoms with Gasteiger partial charge >= 0.3 is 0 Å². The molecular weight excluding hydrogens is 457 g/mol. The lowest BCUT2D eigenvalue weighted by Crippen LogP contribution is -2.20. The van der Waals surface area contributed by atoms with Crippen LogP contribution in [0.15, 0.2) is 53.7 Å². The number of hydrogen-bond donors (Lipinski definition) is 2.